The molecule has 0 atom stereocenters. The van der Waals surface area contributed by atoms with Gasteiger partial charge in [-0.2, -0.15) is 10.4 Å². The van der Waals surface area contributed by atoms with E-state index in [0.29, 0.717) is 35.4 Å². The van der Waals surface area contributed by atoms with Crippen LogP contribution in [-0.4, -0.2) is 20.3 Å². The second-order valence-electron chi connectivity index (χ2n) is 7.14. The van der Waals surface area contributed by atoms with Gasteiger partial charge < -0.3 is 9.88 Å². The summed E-state index contributed by atoms with van der Waals surface area (Å²) in [5, 5.41) is 18.2. The van der Waals surface area contributed by atoms with Crippen molar-refractivity contribution in [3.05, 3.63) is 88.2 Å². The van der Waals surface area contributed by atoms with E-state index in [1.807, 2.05) is 41.1 Å². The summed E-state index contributed by atoms with van der Waals surface area (Å²) in [4.78, 5) is 12.6. The zero-order valence-corrected chi connectivity index (χ0v) is 18.5. The fourth-order valence-corrected chi connectivity index (χ4v) is 3.94. The van der Waals surface area contributed by atoms with E-state index in [4.69, 9.17) is 28.5 Å². The molecule has 160 valence electrons. The summed E-state index contributed by atoms with van der Waals surface area (Å²) in [5.41, 5.74) is 2.78. The molecule has 0 saturated carbocycles. The highest BCUT2D eigenvalue weighted by Gasteiger charge is 2.10. The van der Waals surface area contributed by atoms with E-state index in [0.717, 1.165) is 22.0 Å². The molecule has 0 fully saturated rings. The van der Waals surface area contributed by atoms with Gasteiger partial charge in [0.15, 0.2) is 0 Å². The van der Waals surface area contributed by atoms with Gasteiger partial charge >= 0.3 is 0 Å². The maximum Gasteiger partial charge on any atom is 0.249 e. The van der Waals surface area contributed by atoms with Crippen molar-refractivity contribution in [2.75, 3.05) is 5.32 Å². The SMILES string of the molecule is N#CCCn1cc(/C=C/C(=O)Nc2ccnn2Cc2ccc(Cl)cc2Cl)c2ccccc21. The molecule has 0 radical (unpaired) electrons. The van der Waals surface area contributed by atoms with Crippen molar-refractivity contribution >= 4 is 51.9 Å². The van der Waals surface area contributed by atoms with E-state index >= 15 is 0 Å². The standard InChI is InChI=1S/C24H19Cl2N5O/c25-19-8-6-18(21(26)14-19)16-31-23(10-12-28-31)29-24(32)9-7-17-15-30(13-3-11-27)22-5-2-1-4-20(17)22/h1-2,4-10,12,14-15H,3,13,16H2,(H,29,32)/b9-7+. The Morgan fingerprint density at radius 3 is 2.84 bits per heavy atom. The molecule has 0 spiro atoms. The number of amides is 1. The Balaban J connectivity index is 1.49. The smallest absolute Gasteiger partial charge is 0.249 e. The number of aromatic nitrogens is 3. The molecule has 1 N–H and O–H groups in total. The molecule has 6 nitrogen and oxygen atoms in total. The number of nitrogens with zero attached hydrogens (tertiary/aromatic N) is 4. The lowest BCUT2D eigenvalue weighted by Crippen LogP contribution is -2.14. The summed E-state index contributed by atoms with van der Waals surface area (Å²) in [6.07, 6.45) is 7.26. The number of nitrogens with one attached hydrogen (secondary N) is 1. The Kier molecular flexibility index (Phi) is 6.60. The fraction of sp³-hybridized carbons (Fsp3) is 0.125. The topological polar surface area (TPSA) is 75.6 Å². The zero-order chi connectivity index (χ0) is 22.5. The molecule has 8 heteroatoms. The van der Waals surface area contributed by atoms with Crippen LogP contribution < -0.4 is 5.32 Å². The third-order valence-electron chi connectivity index (χ3n) is 5.00. The summed E-state index contributed by atoms with van der Waals surface area (Å²) in [6.45, 7) is 0.998. The van der Waals surface area contributed by atoms with E-state index in [1.54, 1.807) is 35.2 Å². The highest BCUT2D eigenvalue weighted by atomic mass is 35.5. The molecule has 1 amide bonds. The largest absolute Gasteiger partial charge is 0.346 e. The molecular weight excluding hydrogens is 445 g/mol. The summed E-state index contributed by atoms with van der Waals surface area (Å²) in [7, 11) is 0. The first-order valence-electron chi connectivity index (χ1n) is 9.95. The molecule has 0 bridgehead atoms. The molecule has 32 heavy (non-hydrogen) atoms. The molecule has 4 aromatic rings. The van der Waals surface area contributed by atoms with Crippen LogP contribution in [0.2, 0.25) is 10.0 Å². The van der Waals surface area contributed by atoms with Gasteiger partial charge in [-0.15, -0.1) is 0 Å². The minimum absolute atomic E-state index is 0.275. The molecule has 4 rings (SSSR count). The lowest BCUT2D eigenvalue weighted by atomic mass is 10.1. The number of halogens is 2. The van der Waals surface area contributed by atoms with E-state index in [2.05, 4.69) is 16.5 Å². The number of benzene rings is 2. The Morgan fingerprint density at radius 2 is 2.03 bits per heavy atom. The Morgan fingerprint density at radius 1 is 1.19 bits per heavy atom. The quantitative estimate of drug-likeness (QED) is 0.354. The average molecular weight is 464 g/mol. The van der Waals surface area contributed by atoms with Crippen molar-refractivity contribution in [2.45, 2.75) is 19.5 Å². The van der Waals surface area contributed by atoms with Crippen LogP contribution in [0, 0.1) is 11.3 Å². The van der Waals surface area contributed by atoms with Crippen LogP contribution >= 0.6 is 23.2 Å². The number of carbonyl (C=O) groups excluding carboxylic acids is 1. The van der Waals surface area contributed by atoms with Crippen molar-refractivity contribution in [1.82, 2.24) is 14.3 Å². The summed E-state index contributed by atoms with van der Waals surface area (Å²) >= 11 is 12.2. The number of anilines is 1. The van der Waals surface area contributed by atoms with Crippen molar-refractivity contribution in [3.63, 3.8) is 0 Å². The molecule has 0 unspecified atom stereocenters. The summed E-state index contributed by atoms with van der Waals surface area (Å²) < 4.78 is 3.69. The highest BCUT2D eigenvalue weighted by Crippen LogP contribution is 2.24. The Bertz CT molecular complexity index is 1350. The van der Waals surface area contributed by atoms with Crippen LogP contribution in [0.4, 0.5) is 5.82 Å². The number of fused-ring (bicyclic) bond motifs is 1. The molecule has 2 aromatic carbocycles. The number of hydrogen-bond donors (Lipinski definition) is 1. The van der Waals surface area contributed by atoms with E-state index in [9.17, 15) is 4.79 Å². The van der Waals surface area contributed by atoms with Gasteiger partial charge in [-0.3, -0.25) is 4.79 Å². The number of rotatable bonds is 7. The molecule has 0 aliphatic carbocycles. The molecule has 0 aliphatic heterocycles. The molecule has 2 aromatic heterocycles. The third kappa shape index (κ3) is 4.86. The van der Waals surface area contributed by atoms with Crippen LogP contribution in [0.1, 0.15) is 17.5 Å². The van der Waals surface area contributed by atoms with Crippen LogP contribution in [-0.2, 0) is 17.9 Å². The van der Waals surface area contributed by atoms with Crippen molar-refractivity contribution in [2.24, 2.45) is 0 Å². The van der Waals surface area contributed by atoms with Gasteiger partial charge in [-0.1, -0.05) is 47.5 Å². The van der Waals surface area contributed by atoms with Crippen LogP contribution in [0.3, 0.4) is 0 Å². The second-order valence-corrected chi connectivity index (χ2v) is 7.98. The Hall–Kier alpha value is -3.53. The lowest BCUT2D eigenvalue weighted by molar-refractivity contribution is -0.111. The van der Waals surface area contributed by atoms with E-state index in [-0.39, 0.29) is 5.91 Å². The summed E-state index contributed by atoms with van der Waals surface area (Å²) in [6, 6.07) is 17.1. The maximum absolute atomic E-state index is 12.6. The molecule has 2 heterocycles. The van der Waals surface area contributed by atoms with Gasteiger partial charge in [-0.25, -0.2) is 4.68 Å². The molecule has 0 aliphatic rings. The normalized spacial score (nSPS) is 11.2. The van der Waals surface area contributed by atoms with Crippen molar-refractivity contribution < 1.29 is 4.79 Å². The first-order chi connectivity index (χ1) is 15.5. The van der Waals surface area contributed by atoms with Gasteiger partial charge in [0.05, 0.1) is 25.2 Å². The monoisotopic (exact) mass is 463 g/mol. The van der Waals surface area contributed by atoms with Gasteiger partial charge in [0.25, 0.3) is 0 Å². The van der Waals surface area contributed by atoms with Gasteiger partial charge in [-0.05, 0) is 29.8 Å². The Labute approximate surface area is 195 Å². The zero-order valence-electron chi connectivity index (χ0n) is 17.0. The minimum atomic E-state index is -0.275. The lowest BCUT2D eigenvalue weighted by Gasteiger charge is -2.09. The van der Waals surface area contributed by atoms with Gasteiger partial charge in [0.2, 0.25) is 5.91 Å². The highest BCUT2D eigenvalue weighted by molar-refractivity contribution is 6.35. The first kappa shape index (κ1) is 21.7. The number of carbonyl (C=O) groups is 1. The number of aryl methyl sites for hydroxylation is 1. The van der Waals surface area contributed by atoms with Crippen molar-refractivity contribution in [3.8, 4) is 6.07 Å². The second kappa shape index (κ2) is 9.73. The molecule has 0 saturated heterocycles. The predicted molar refractivity (Wildman–Crippen MR) is 128 cm³/mol. The number of nitriles is 1. The van der Waals surface area contributed by atoms with Crippen LogP contribution in [0.25, 0.3) is 17.0 Å². The van der Waals surface area contributed by atoms with E-state index in [1.165, 1.54) is 6.08 Å². The maximum atomic E-state index is 12.6. The van der Waals surface area contributed by atoms with Crippen LogP contribution in [0.15, 0.2) is 67.0 Å². The predicted octanol–water partition coefficient (Wildman–Crippen LogP) is 5.76. The van der Waals surface area contributed by atoms with Crippen molar-refractivity contribution in [1.29, 1.82) is 5.26 Å². The van der Waals surface area contributed by atoms with Crippen LogP contribution in [0.5, 0.6) is 0 Å². The van der Waals surface area contributed by atoms with Gasteiger partial charge in [0, 0.05) is 51.4 Å². The van der Waals surface area contributed by atoms with Gasteiger partial charge in [0.1, 0.15) is 5.82 Å². The first-order valence-corrected chi connectivity index (χ1v) is 10.7. The number of para-hydroxylation sites is 1. The average Bonchev–Trinajstić information content (AvgIpc) is 3.37. The number of hydrogen-bond acceptors (Lipinski definition) is 3. The summed E-state index contributed by atoms with van der Waals surface area (Å²) in [5.74, 6) is 0.282. The third-order valence-corrected chi connectivity index (χ3v) is 5.59. The fourth-order valence-electron chi connectivity index (χ4n) is 3.47. The minimum Gasteiger partial charge on any atom is -0.346 e. The van der Waals surface area contributed by atoms with E-state index < -0.39 is 0 Å². The molecular formula is C24H19Cl2N5O.